The summed E-state index contributed by atoms with van der Waals surface area (Å²) in [4.78, 5) is 4.60. The second kappa shape index (κ2) is 7.18. The number of hydrogen-bond donors (Lipinski definition) is 1. The Morgan fingerprint density at radius 3 is 2.70 bits per heavy atom. The van der Waals surface area contributed by atoms with Crippen molar-refractivity contribution >= 4 is 0 Å². The second-order valence-corrected chi connectivity index (χ2v) is 5.66. The Labute approximate surface area is 121 Å². The van der Waals surface area contributed by atoms with Crippen molar-refractivity contribution in [2.75, 3.05) is 13.2 Å². The fourth-order valence-corrected chi connectivity index (χ4v) is 3.04. The van der Waals surface area contributed by atoms with Crippen LogP contribution in [0.4, 0.5) is 0 Å². The van der Waals surface area contributed by atoms with Gasteiger partial charge in [0.1, 0.15) is 5.60 Å². The van der Waals surface area contributed by atoms with E-state index in [1.165, 1.54) is 19.3 Å². The maximum absolute atomic E-state index is 6.02. The Hall–Kier alpha value is -0.940. The van der Waals surface area contributed by atoms with Gasteiger partial charge in [0.2, 0.25) is 11.7 Å². The van der Waals surface area contributed by atoms with E-state index in [4.69, 9.17) is 9.26 Å². The van der Waals surface area contributed by atoms with E-state index in [2.05, 4.69) is 29.3 Å². The van der Waals surface area contributed by atoms with E-state index in [0.717, 1.165) is 31.6 Å². The van der Waals surface area contributed by atoms with Gasteiger partial charge in [-0.2, -0.15) is 4.98 Å². The van der Waals surface area contributed by atoms with Gasteiger partial charge in [-0.25, -0.2) is 0 Å². The molecule has 5 heteroatoms. The summed E-state index contributed by atoms with van der Waals surface area (Å²) in [6.45, 7) is 7.90. The Kier molecular flexibility index (Phi) is 5.54. The first-order valence-electron chi connectivity index (χ1n) is 7.90. The molecule has 0 bridgehead atoms. The van der Waals surface area contributed by atoms with Crippen LogP contribution < -0.4 is 5.32 Å². The smallest absolute Gasteiger partial charge is 0.228 e. The molecule has 1 saturated carbocycles. The molecule has 1 unspecified atom stereocenters. The van der Waals surface area contributed by atoms with E-state index < -0.39 is 0 Å². The van der Waals surface area contributed by atoms with Crippen LogP contribution in [0.2, 0.25) is 0 Å². The summed E-state index contributed by atoms with van der Waals surface area (Å²) < 4.78 is 11.4. The number of ether oxygens (including phenoxy) is 1. The molecule has 1 aromatic heterocycles. The average Bonchev–Trinajstić information content (AvgIpc) is 2.89. The maximum Gasteiger partial charge on any atom is 0.228 e. The normalized spacial score (nSPS) is 19.9. The third-order valence-electron chi connectivity index (χ3n) is 3.99. The number of nitrogens with zero attached hydrogens (tertiary/aromatic N) is 2. The summed E-state index contributed by atoms with van der Waals surface area (Å²) in [5, 5.41) is 7.56. The molecule has 0 spiro atoms. The second-order valence-electron chi connectivity index (χ2n) is 5.66. The summed E-state index contributed by atoms with van der Waals surface area (Å²) in [5.41, 5.74) is -0.309. The highest BCUT2D eigenvalue weighted by Crippen LogP contribution is 2.39. The number of hydrogen-bond acceptors (Lipinski definition) is 5. The Morgan fingerprint density at radius 1 is 1.30 bits per heavy atom. The minimum atomic E-state index is -0.309. The molecule has 1 atom stereocenters. The van der Waals surface area contributed by atoms with Crippen LogP contribution in [0.5, 0.6) is 0 Å². The fraction of sp³-hybridized carbons (Fsp3) is 0.867. The van der Waals surface area contributed by atoms with Gasteiger partial charge in [0.05, 0.1) is 0 Å². The van der Waals surface area contributed by atoms with Crippen LogP contribution in [0.3, 0.4) is 0 Å². The van der Waals surface area contributed by atoms with Gasteiger partial charge in [0.25, 0.3) is 0 Å². The molecule has 114 valence electrons. The quantitative estimate of drug-likeness (QED) is 0.832. The number of likely N-dealkylation sites (N-methyl/N-ethyl adjacent to an activating group) is 1. The zero-order valence-corrected chi connectivity index (χ0v) is 12.9. The highest BCUT2D eigenvalue weighted by molar-refractivity contribution is 5.04. The highest BCUT2D eigenvalue weighted by Gasteiger charge is 2.39. The predicted octanol–water partition coefficient (Wildman–Crippen LogP) is 2.81. The Morgan fingerprint density at radius 2 is 2.05 bits per heavy atom. The average molecular weight is 281 g/mol. The lowest BCUT2D eigenvalue weighted by molar-refractivity contribution is -0.0777. The summed E-state index contributed by atoms with van der Waals surface area (Å²) >= 11 is 0. The van der Waals surface area contributed by atoms with Gasteiger partial charge >= 0.3 is 0 Å². The molecule has 0 radical (unpaired) electrons. The van der Waals surface area contributed by atoms with E-state index >= 15 is 0 Å². The fourth-order valence-electron chi connectivity index (χ4n) is 3.04. The van der Waals surface area contributed by atoms with Crippen molar-refractivity contribution in [1.29, 1.82) is 0 Å². The lowest BCUT2D eigenvalue weighted by Crippen LogP contribution is -2.33. The van der Waals surface area contributed by atoms with Gasteiger partial charge in [0.15, 0.2) is 0 Å². The first-order chi connectivity index (χ1) is 9.70. The zero-order chi connectivity index (χ0) is 14.4. The number of aromatic nitrogens is 2. The molecule has 0 saturated heterocycles. The molecule has 1 N–H and O–H groups in total. The van der Waals surface area contributed by atoms with Crippen LogP contribution in [0.15, 0.2) is 4.52 Å². The molecule has 5 nitrogen and oxygen atoms in total. The third kappa shape index (κ3) is 3.58. The Balaban J connectivity index is 2.08. The standard InChI is InChI=1S/C15H27N3O2/c1-4-16-12(3)11-13-17-14(18-20-13)15(19-5-2)9-7-6-8-10-15/h12,16H,4-11H2,1-3H3. The van der Waals surface area contributed by atoms with Gasteiger partial charge in [0, 0.05) is 19.1 Å². The van der Waals surface area contributed by atoms with Crippen molar-refractivity contribution < 1.29 is 9.26 Å². The van der Waals surface area contributed by atoms with Crippen molar-refractivity contribution in [2.24, 2.45) is 0 Å². The molecule has 0 aliphatic heterocycles. The molecule has 1 fully saturated rings. The van der Waals surface area contributed by atoms with Crippen molar-refractivity contribution in [1.82, 2.24) is 15.5 Å². The van der Waals surface area contributed by atoms with Gasteiger partial charge < -0.3 is 14.6 Å². The summed E-state index contributed by atoms with van der Waals surface area (Å²) in [6.07, 6.45) is 6.40. The van der Waals surface area contributed by atoms with E-state index in [1.54, 1.807) is 0 Å². The monoisotopic (exact) mass is 281 g/mol. The molecular weight excluding hydrogens is 254 g/mol. The van der Waals surface area contributed by atoms with Crippen molar-refractivity contribution in [3.05, 3.63) is 11.7 Å². The summed E-state index contributed by atoms with van der Waals surface area (Å²) in [7, 11) is 0. The molecule has 2 rings (SSSR count). The minimum absolute atomic E-state index is 0.309. The van der Waals surface area contributed by atoms with E-state index in [-0.39, 0.29) is 5.60 Å². The molecule has 1 heterocycles. The molecular formula is C15H27N3O2. The summed E-state index contributed by atoms with van der Waals surface area (Å²) in [6, 6.07) is 0.350. The van der Waals surface area contributed by atoms with Crippen LogP contribution in [0.1, 0.15) is 64.6 Å². The first-order valence-corrected chi connectivity index (χ1v) is 7.90. The predicted molar refractivity (Wildman–Crippen MR) is 77.5 cm³/mol. The van der Waals surface area contributed by atoms with Crippen LogP contribution >= 0.6 is 0 Å². The van der Waals surface area contributed by atoms with Crippen molar-refractivity contribution in [3.8, 4) is 0 Å². The maximum atomic E-state index is 6.02. The van der Waals surface area contributed by atoms with Crippen molar-refractivity contribution in [2.45, 2.75) is 70.9 Å². The molecule has 20 heavy (non-hydrogen) atoms. The molecule has 0 amide bonds. The van der Waals surface area contributed by atoms with Crippen molar-refractivity contribution in [3.63, 3.8) is 0 Å². The Bertz CT molecular complexity index is 394. The number of nitrogens with one attached hydrogen (secondary N) is 1. The molecule has 0 aromatic carbocycles. The van der Waals surface area contributed by atoms with Gasteiger partial charge in [-0.05, 0) is 33.2 Å². The van der Waals surface area contributed by atoms with Gasteiger partial charge in [-0.15, -0.1) is 0 Å². The van der Waals surface area contributed by atoms with E-state index in [9.17, 15) is 0 Å². The van der Waals surface area contributed by atoms with Crippen LogP contribution in [-0.4, -0.2) is 29.3 Å². The molecule has 1 aliphatic carbocycles. The third-order valence-corrected chi connectivity index (χ3v) is 3.99. The highest BCUT2D eigenvalue weighted by atomic mass is 16.5. The largest absolute Gasteiger partial charge is 0.367 e. The lowest BCUT2D eigenvalue weighted by atomic mass is 9.84. The SMILES string of the molecule is CCNC(C)Cc1nc(C2(OCC)CCCCC2)no1. The van der Waals surface area contributed by atoms with Crippen LogP contribution in [0, 0.1) is 0 Å². The van der Waals surface area contributed by atoms with Crippen LogP contribution in [-0.2, 0) is 16.8 Å². The summed E-state index contributed by atoms with van der Waals surface area (Å²) in [5.74, 6) is 1.45. The lowest BCUT2D eigenvalue weighted by Gasteiger charge is -2.33. The zero-order valence-electron chi connectivity index (χ0n) is 12.9. The van der Waals surface area contributed by atoms with E-state index in [0.29, 0.717) is 18.5 Å². The van der Waals surface area contributed by atoms with Crippen LogP contribution in [0.25, 0.3) is 0 Å². The first kappa shape index (κ1) is 15.4. The van der Waals surface area contributed by atoms with Gasteiger partial charge in [-0.1, -0.05) is 31.3 Å². The topological polar surface area (TPSA) is 60.2 Å². The van der Waals surface area contributed by atoms with E-state index in [1.807, 2.05) is 6.92 Å². The molecule has 1 aromatic rings. The molecule has 1 aliphatic rings. The number of rotatable bonds is 7. The van der Waals surface area contributed by atoms with Gasteiger partial charge in [-0.3, -0.25) is 0 Å². The minimum Gasteiger partial charge on any atom is -0.367 e.